The van der Waals surface area contributed by atoms with E-state index in [2.05, 4.69) is 12.2 Å². The molecule has 0 aliphatic heterocycles. The molecule has 0 aliphatic carbocycles. The van der Waals surface area contributed by atoms with Crippen molar-refractivity contribution in [2.45, 2.75) is 13.3 Å². The number of ether oxygens (including phenoxy) is 1. The molecular formula is C12H17NO3S2. The maximum absolute atomic E-state index is 11.6. The second kappa shape index (κ2) is 6.70. The Kier molecular flexibility index (Phi) is 5.55. The van der Waals surface area contributed by atoms with Crippen LogP contribution in [0.1, 0.15) is 12.0 Å². The zero-order chi connectivity index (χ0) is 13.6. The number of rotatable bonds is 7. The summed E-state index contributed by atoms with van der Waals surface area (Å²) in [5, 5.41) is 0. The summed E-state index contributed by atoms with van der Waals surface area (Å²) in [5.74, 6) is 0.642. The van der Waals surface area contributed by atoms with Gasteiger partial charge in [0.15, 0.2) is 9.84 Å². The van der Waals surface area contributed by atoms with Gasteiger partial charge in [0, 0.05) is 6.42 Å². The molecule has 0 radical (unpaired) electrons. The van der Waals surface area contributed by atoms with Gasteiger partial charge >= 0.3 is 0 Å². The van der Waals surface area contributed by atoms with E-state index in [0.29, 0.717) is 5.75 Å². The molecule has 18 heavy (non-hydrogen) atoms. The average molecular weight is 287 g/mol. The molecule has 0 amide bonds. The molecule has 0 bridgehead atoms. The van der Waals surface area contributed by atoms with Crippen molar-refractivity contribution >= 4 is 27.0 Å². The van der Waals surface area contributed by atoms with Crippen molar-refractivity contribution < 1.29 is 13.2 Å². The summed E-state index contributed by atoms with van der Waals surface area (Å²) in [5.41, 5.74) is 6.34. The summed E-state index contributed by atoms with van der Waals surface area (Å²) in [6.45, 7) is 2.09. The molecule has 0 aromatic heterocycles. The van der Waals surface area contributed by atoms with Gasteiger partial charge in [0.2, 0.25) is 0 Å². The van der Waals surface area contributed by atoms with Crippen molar-refractivity contribution in [3.05, 3.63) is 29.8 Å². The third-order valence-corrected chi connectivity index (χ3v) is 4.13. The van der Waals surface area contributed by atoms with Gasteiger partial charge in [-0.25, -0.2) is 8.42 Å². The number of thiocarbonyl (C=S) groups is 1. The number of hydrogen-bond acceptors (Lipinski definition) is 4. The van der Waals surface area contributed by atoms with Crippen molar-refractivity contribution in [2.75, 3.05) is 18.1 Å². The van der Waals surface area contributed by atoms with Gasteiger partial charge in [-0.1, -0.05) is 24.4 Å². The van der Waals surface area contributed by atoms with E-state index in [1.165, 1.54) is 0 Å². The highest BCUT2D eigenvalue weighted by Gasteiger charge is 2.11. The van der Waals surface area contributed by atoms with Crippen molar-refractivity contribution in [3.63, 3.8) is 0 Å². The van der Waals surface area contributed by atoms with E-state index in [1.54, 1.807) is 6.07 Å². The summed E-state index contributed by atoms with van der Waals surface area (Å²) < 4.78 is 28.6. The Morgan fingerprint density at radius 1 is 1.39 bits per heavy atom. The lowest BCUT2D eigenvalue weighted by molar-refractivity contribution is 0.340. The number of aryl methyl sites for hydroxylation is 1. The SMILES string of the molecule is Cc1cccc(OCCS(=O)(=O)CCC(N)=S)c1. The quantitative estimate of drug-likeness (QED) is 0.769. The van der Waals surface area contributed by atoms with Gasteiger partial charge in [0.05, 0.1) is 16.5 Å². The number of hydrogen-bond donors (Lipinski definition) is 1. The molecule has 0 saturated carbocycles. The van der Waals surface area contributed by atoms with Crippen LogP contribution in [0.4, 0.5) is 0 Å². The fraction of sp³-hybridized carbons (Fsp3) is 0.417. The second-order valence-electron chi connectivity index (χ2n) is 4.03. The summed E-state index contributed by atoms with van der Waals surface area (Å²) in [4.78, 5) is 0.221. The van der Waals surface area contributed by atoms with Crippen LogP contribution in [0.2, 0.25) is 0 Å². The first kappa shape index (κ1) is 14.9. The van der Waals surface area contributed by atoms with Crippen LogP contribution in [0.5, 0.6) is 5.75 Å². The van der Waals surface area contributed by atoms with Gasteiger partial charge in [-0.15, -0.1) is 0 Å². The molecule has 100 valence electrons. The monoisotopic (exact) mass is 287 g/mol. The van der Waals surface area contributed by atoms with Crippen LogP contribution >= 0.6 is 12.2 Å². The van der Waals surface area contributed by atoms with E-state index < -0.39 is 9.84 Å². The topological polar surface area (TPSA) is 69.4 Å². The van der Waals surface area contributed by atoms with Gasteiger partial charge in [0.1, 0.15) is 12.4 Å². The first-order valence-corrected chi connectivity index (χ1v) is 7.80. The molecule has 1 aromatic rings. The first-order chi connectivity index (χ1) is 8.39. The average Bonchev–Trinajstić information content (AvgIpc) is 2.26. The highest BCUT2D eigenvalue weighted by atomic mass is 32.2. The highest BCUT2D eigenvalue weighted by molar-refractivity contribution is 7.91. The van der Waals surface area contributed by atoms with Crippen LogP contribution in [0, 0.1) is 6.92 Å². The summed E-state index contributed by atoms with van der Waals surface area (Å²) in [7, 11) is -3.15. The van der Waals surface area contributed by atoms with Crippen LogP contribution in [-0.2, 0) is 9.84 Å². The maximum atomic E-state index is 11.6. The van der Waals surface area contributed by atoms with Gasteiger partial charge in [-0.3, -0.25) is 0 Å². The molecular weight excluding hydrogens is 270 g/mol. The van der Waals surface area contributed by atoms with Crippen LogP contribution < -0.4 is 10.5 Å². The largest absolute Gasteiger partial charge is 0.493 e. The van der Waals surface area contributed by atoms with E-state index in [1.807, 2.05) is 25.1 Å². The third-order valence-electron chi connectivity index (χ3n) is 2.31. The zero-order valence-corrected chi connectivity index (χ0v) is 11.9. The lowest BCUT2D eigenvalue weighted by atomic mass is 10.2. The predicted molar refractivity (Wildman–Crippen MR) is 76.7 cm³/mol. The Labute approximate surface area is 113 Å². The molecule has 0 atom stereocenters. The normalized spacial score (nSPS) is 11.2. The molecule has 0 spiro atoms. The molecule has 1 rings (SSSR count). The van der Waals surface area contributed by atoms with E-state index in [4.69, 9.17) is 10.5 Å². The van der Waals surface area contributed by atoms with Gasteiger partial charge < -0.3 is 10.5 Å². The highest BCUT2D eigenvalue weighted by Crippen LogP contribution is 2.12. The Morgan fingerprint density at radius 3 is 2.72 bits per heavy atom. The molecule has 1 aromatic carbocycles. The molecule has 4 nitrogen and oxygen atoms in total. The molecule has 6 heteroatoms. The lowest BCUT2D eigenvalue weighted by Gasteiger charge is -2.07. The molecule has 0 unspecified atom stereocenters. The second-order valence-corrected chi connectivity index (χ2v) is 6.86. The first-order valence-electron chi connectivity index (χ1n) is 5.57. The van der Waals surface area contributed by atoms with Gasteiger partial charge in [0.25, 0.3) is 0 Å². The Morgan fingerprint density at radius 2 is 2.11 bits per heavy atom. The number of benzene rings is 1. The van der Waals surface area contributed by atoms with Crippen molar-refractivity contribution in [1.29, 1.82) is 0 Å². The van der Waals surface area contributed by atoms with Crippen molar-refractivity contribution in [2.24, 2.45) is 5.73 Å². The fourth-order valence-electron chi connectivity index (χ4n) is 1.35. The van der Waals surface area contributed by atoms with E-state index in [0.717, 1.165) is 5.56 Å². The minimum atomic E-state index is -3.15. The van der Waals surface area contributed by atoms with E-state index >= 15 is 0 Å². The molecule has 0 saturated heterocycles. The Hall–Kier alpha value is -1.14. The minimum absolute atomic E-state index is 0.0144. The standard InChI is InChI=1S/C12H17NO3S2/c1-10-3-2-4-11(9-10)16-6-8-18(14,15)7-5-12(13)17/h2-4,9H,5-8H2,1H3,(H2,13,17). The van der Waals surface area contributed by atoms with Crippen LogP contribution in [-0.4, -0.2) is 31.5 Å². The molecule has 0 aliphatic rings. The van der Waals surface area contributed by atoms with Crippen molar-refractivity contribution in [3.8, 4) is 5.75 Å². The van der Waals surface area contributed by atoms with E-state index in [-0.39, 0.29) is 29.5 Å². The summed E-state index contributed by atoms with van der Waals surface area (Å²) in [6, 6.07) is 7.48. The molecule has 0 fully saturated rings. The van der Waals surface area contributed by atoms with Crippen LogP contribution in [0.25, 0.3) is 0 Å². The van der Waals surface area contributed by atoms with Crippen LogP contribution in [0.3, 0.4) is 0 Å². The molecule has 2 N–H and O–H groups in total. The summed E-state index contributed by atoms with van der Waals surface area (Å²) in [6.07, 6.45) is 0.224. The van der Waals surface area contributed by atoms with E-state index in [9.17, 15) is 8.42 Å². The Balaban J connectivity index is 2.39. The number of nitrogens with two attached hydrogens (primary N) is 1. The lowest BCUT2D eigenvalue weighted by Crippen LogP contribution is -2.20. The van der Waals surface area contributed by atoms with Crippen LogP contribution in [0.15, 0.2) is 24.3 Å². The Bertz CT molecular complexity index is 512. The third kappa shape index (κ3) is 5.97. The minimum Gasteiger partial charge on any atom is -0.493 e. The predicted octanol–water partition coefficient (Wildman–Crippen LogP) is 1.46. The summed E-state index contributed by atoms with van der Waals surface area (Å²) >= 11 is 4.65. The van der Waals surface area contributed by atoms with Crippen molar-refractivity contribution in [1.82, 2.24) is 0 Å². The zero-order valence-electron chi connectivity index (χ0n) is 10.3. The maximum Gasteiger partial charge on any atom is 0.154 e. The smallest absolute Gasteiger partial charge is 0.154 e. The molecule has 0 heterocycles. The number of sulfone groups is 1. The fourth-order valence-corrected chi connectivity index (χ4v) is 2.65. The van der Waals surface area contributed by atoms with Gasteiger partial charge in [-0.05, 0) is 24.6 Å². The van der Waals surface area contributed by atoms with Gasteiger partial charge in [-0.2, -0.15) is 0 Å².